The van der Waals surface area contributed by atoms with Gasteiger partial charge in [0.15, 0.2) is 0 Å². The van der Waals surface area contributed by atoms with Crippen molar-refractivity contribution in [2.75, 3.05) is 23.3 Å². The minimum atomic E-state index is -0.489. The molecule has 140 valence electrons. The predicted molar refractivity (Wildman–Crippen MR) is 107 cm³/mol. The number of nitrogens with one attached hydrogen (secondary N) is 1. The van der Waals surface area contributed by atoms with Crippen molar-refractivity contribution in [2.45, 2.75) is 38.5 Å². The van der Waals surface area contributed by atoms with Crippen LogP contribution in [0.2, 0.25) is 0 Å². The van der Waals surface area contributed by atoms with Crippen molar-refractivity contribution in [3.8, 4) is 0 Å². The van der Waals surface area contributed by atoms with Gasteiger partial charge < -0.3 is 16.0 Å². The highest BCUT2D eigenvalue weighted by Crippen LogP contribution is 2.30. The lowest BCUT2D eigenvalue weighted by Crippen LogP contribution is -2.23. The second-order valence-corrected chi connectivity index (χ2v) is 7.47. The number of hydrogen-bond donors (Lipinski definition) is 2. The van der Waals surface area contributed by atoms with Gasteiger partial charge in [0.05, 0.1) is 17.8 Å². The highest BCUT2D eigenvalue weighted by atomic mass is 16.2. The minimum Gasteiger partial charge on any atom is -0.370 e. The molecular formula is C22H25N3O2. The van der Waals surface area contributed by atoms with E-state index in [1.807, 2.05) is 12.1 Å². The summed E-state index contributed by atoms with van der Waals surface area (Å²) in [6.45, 7) is 1.92. The first-order valence-corrected chi connectivity index (χ1v) is 9.69. The maximum atomic E-state index is 12.7. The fourth-order valence-electron chi connectivity index (χ4n) is 4.14. The van der Waals surface area contributed by atoms with Gasteiger partial charge in [-0.05, 0) is 67.0 Å². The zero-order valence-corrected chi connectivity index (χ0v) is 15.5. The number of carbonyl (C=O) groups excluding carboxylic acids is 2. The van der Waals surface area contributed by atoms with Gasteiger partial charge in [0.25, 0.3) is 0 Å². The number of amides is 2. The van der Waals surface area contributed by atoms with E-state index >= 15 is 0 Å². The number of nitrogens with zero attached hydrogens (tertiary/aromatic N) is 1. The summed E-state index contributed by atoms with van der Waals surface area (Å²) >= 11 is 0. The lowest BCUT2D eigenvalue weighted by Gasteiger charge is -2.22. The van der Waals surface area contributed by atoms with Crippen molar-refractivity contribution in [1.29, 1.82) is 0 Å². The van der Waals surface area contributed by atoms with Crippen molar-refractivity contribution in [3.63, 3.8) is 0 Å². The molecule has 2 amide bonds. The molecular weight excluding hydrogens is 338 g/mol. The van der Waals surface area contributed by atoms with Crippen LogP contribution in [0.25, 0.3) is 0 Å². The Bertz CT molecular complexity index is 885. The van der Waals surface area contributed by atoms with E-state index in [1.165, 1.54) is 17.5 Å². The third-order valence-electron chi connectivity index (χ3n) is 5.53. The third kappa shape index (κ3) is 3.82. The summed E-state index contributed by atoms with van der Waals surface area (Å²) in [6.07, 6.45) is 6.04. The van der Waals surface area contributed by atoms with E-state index < -0.39 is 5.91 Å². The van der Waals surface area contributed by atoms with Crippen LogP contribution in [0.5, 0.6) is 0 Å². The number of benzene rings is 2. The number of nitrogens with two attached hydrogens (primary N) is 1. The van der Waals surface area contributed by atoms with E-state index in [4.69, 9.17) is 5.73 Å². The first-order chi connectivity index (χ1) is 13.1. The fraction of sp³-hybridized carbons (Fsp3) is 0.364. The van der Waals surface area contributed by atoms with Gasteiger partial charge in [-0.1, -0.05) is 18.2 Å². The average Bonchev–Trinajstić information content (AvgIpc) is 3.32. The van der Waals surface area contributed by atoms with Crippen molar-refractivity contribution in [2.24, 2.45) is 5.73 Å². The fourth-order valence-corrected chi connectivity index (χ4v) is 4.14. The van der Waals surface area contributed by atoms with Crippen LogP contribution in [0.3, 0.4) is 0 Å². The van der Waals surface area contributed by atoms with Crippen molar-refractivity contribution >= 4 is 23.2 Å². The zero-order valence-electron chi connectivity index (χ0n) is 15.5. The Morgan fingerprint density at radius 2 is 1.74 bits per heavy atom. The topological polar surface area (TPSA) is 75.4 Å². The molecule has 0 saturated carbocycles. The summed E-state index contributed by atoms with van der Waals surface area (Å²) in [5, 5.41) is 3.01. The molecule has 27 heavy (non-hydrogen) atoms. The van der Waals surface area contributed by atoms with Crippen LogP contribution in [-0.2, 0) is 24.1 Å². The van der Waals surface area contributed by atoms with Gasteiger partial charge in [0.2, 0.25) is 11.8 Å². The Morgan fingerprint density at radius 1 is 0.963 bits per heavy atom. The zero-order chi connectivity index (χ0) is 18.8. The van der Waals surface area contributed by atoms with Crippen molar-refractivity contribution in [1.82, 2.24) is 0 Å². The highest BCUT2D eigenvalue weighted by Gasteiger charge is 2.19. The maximum Gasteiger partial charge on any atom is 0.248 e. The van der Waals surface area contributed by atoms with Crippen molar-refractivity contribution in [3.05, 3.63) is 58.7 Å². The summed E-state index contributed by atoms with van der Waals surface area (Å²) in [5.41, 5.74) is 11.3. The number of anilines is 2. The van der Waals surface area contributed by atoms with Gasteiger partial charge in [-0.25, -0.2) is 0 Å². The molecule has 4 rings (SSSR count). The van der Waals surface area contributed by atoms with Crippen LogP contribution in [0, 0.1) is 0 Å². The Morgan fingerprint density at radius 3 is 2.52 bits per heavy atom. The smallest absolute Gasteiger partial charge is 0.248 e. The molecule has 0 radical (unpaired) electrons. The Hall–Kier alpha value is -2.82. The largest absolute Gasteiger partial charge is 0.370 e. The number of hydrogen-bond acceptors (Lipinski definition) is 3. The molecule has 2 aliphatic rings. The molecule has 1 aliphatic carbocycles. The van der Waals surface area contributed by atoms with Gasteiger partial charge in [-0.15, -0.1) is 0 Å². The molecule has 5 nitrogen and oxygen atoms in total. The van der Waals surface area contributed by atoms with Crippen LogP contribution < -0.4 is 16.0 Å². The molecule has 1 aliphatic heterocycles. The van der Waals surface area contributed by atoms with E-state index in [2.05, 4.69) is 22.3 Å². The monoisotopic (exact) mass is 363 g/mol. The molecule has 5 heteroatoms. The average molecular weight is 363 g/mol. The first-order valence-electron chi connectivity index (χ1n) is 9.69. The van der Waals surface area contributed by atoms with Gasteiger partial charge >= 0.3 is 0 Å². The Kier molecular flexibility index (Phi) is 4.84. The molecule has 0 unspecified atom stereocenters. The predicted octanol–water partition coefficient (Wildman–Crippen LogP) is 3.06. The van der Waals surface area contributed by atoms with Crippen LogP contribution in [0.15, 0.2) is 36.4 Å². The molecule has 2 aromatic carbocycles. The highest BCUT2D eigenvalue weighted by molar-refractivity contribution is 6.00. The van der Waals surface area contributed by atoms with Gasteiger partial charge in [0.1, 0.15) is 0 Å². The van der Waals surface area contributed by atoms with Crippen LogP contribution in [0.1, 0.15) is 46.3 Å². The van der Waals surface area contributed by atoms with E-state index in [1.54, 1.807) is 12.1 Å². The number of carbonyl (C=O) groups is 2. The quantitative estimate of drug-likeness (QED) is 0.857. The van der Waals surface area contributed by atoms with Gasteiger partial charge in [-0.3, -0.25) is 9.59 Å². The van der Waals surface area contributed by atoms with E-state index in [0.29, 0.717) is 17.7 Å². The van der Waals surface area contributed by atoms with E-state index in [9.17, 15) is 9.59 Å². The molecule has 0 spiro atoms. The number of rotatable bonds is 5. The molecule has 1 saturated heterocycles. The lowest BCUT2D eigenvalue weighted by molar-refractivity contribution is -0.115. The van der Waals surface area contributed by atoms with E-state index in [0.717, 1.165) is 50.0 Å². The normalized spacial score (nSPS) is 15.6. The molecule has 3 N–H and O–H groups in total. The minimum absolute atomic E-state index is 0.0741. The molecule has 0 atom stereocenters. The van der Waals surface area contributed by atoms with Gasteiger partial charge in [-0.2, -0.15) is 0 Å². The lowest BCUT2D eigenvalue weighted by atomic mass is 10.0. The summed E-state index contributed by atoms with van der Waals surface area (Å²) in [4.78, 5) is 26.5. The molecule has 0 bridgehead atoms. The second kappa shape index (κ2) is 7.43. The number of primary amides is 1. The molecule has 0 aromatic heterocycles. The SMILES string of the molecule is NC(=O)c1ccc(N2CCCC2)c(NC(=O)Cc2ccc3c(c2)CCC3)c1. The molecule has 1 heterocycles. The Labute approximate surface area is 159 Å². The first kappa shape index (κ1) is 17.6. The van der Waals surface area contributed by atoms with Crippen LogP contribution in [0.4, 0.5) is 11.4 Å². The summed E-state index contributed by atoms with van der Waals surface area (Å²) < 4.78 is 0. The third-order valence-corrected chi connectivity index (χ3v) is 5.53. The summed E-state index contributed by atoms with van der Waals surface area (Å²) in [5.74, 6) is -0.563. The maximum absolute atomic E-state index is 12.7. The van der Waals surface area contributed by atoms with E-state index in [-0.39, 0.29) is 5.91 Å². The number of fused-ring (bicyclic) bond motifs is 1. The van der Waals surface area contributed by atoms with Crippen LogP contribution in [-0.4, -0.2) is 24.9 Å². The van der Waals surface area contributed by atoms with Crippen LogP contribution >= 0.6 is 0 Å². The summed E-state index contributed by atoms with van der Waals surface area (Å²) in [7, 11) is 0. The second-order valence-electron chi connectivity index (χ2n) is 7.47. The van der Waals surface area contributed by atoms with Crippen molar-refractivity contribution < 1.29 is 9.59 Å². The Balaban J connectivity index is 1.54. The summed E-state index contributed by atoms with van der Waals surface area (Å²) in [6, 6.07) is 11.7. The molecule has 2 aromatic rings. The van der Waals surface area contributed by atoms with Gasteiger partial charge in [0, 0.05) is 18.7 Å². The molecule has 1 fully saturated rings. The number of aryl methyl sites for hydroxylation is 2. The standard InChI is InChI=1S/C22H25N3O2/c23-22(27)18-8-9-20(25-10-1-2-11-25)19(14-18)24-21(26)13-15-6-7-16-4-3-5-17(16)12-15/h6-9,12,14H,1-5,10-11,13H2,(H2,23,27)(H,24,26).